The van der Waals surface area contributed by atoms with Gasteiger partial charge in [0.05, 0.1) is 22.9 Å². The molecule has 6 heteroatoms. The van der Waals surface area contributed by atoms with Crippen LogP contribution in [0.2, 0.25) is 0 Å². The molecule has 20 heavy (non-hydrogen) atoms. The molecule has 0 N–H and O–H groups in total. The number of methoxy groups -OCH3 is 1. The first-order valence-corrected chi connectivity index (χ1v) is 8.87. The molecular formula is C14H22ClNO3S. The van der Waals surface area contributed by atoms with Crippen molar-refractivity contribution in [1.82, 2.24) is 0 Å². The Morgan fingerprint density at radius 2 is 1.95 bits per heavy atom. The summed E-state index contributed by atoms with van der Waals surface area (Å²) in [6, 6.07) is 7.08. The highest BCUT2D eigenvalue weighted by atomic mass is 35.5. The molecule has 0 spiro atoms. The van der Waals surface area contributed by atoms with Crippen molar-refractivity contribution in [3.8, 4) is 0 Å². The van der Waals surface area contributed by atoms with Gasteiger partial charge >= 0.3 is 0 Å². The molecule has 0 atom stereocenters. The molecule has 1 aromatic rings. The zero-order valence-electron chi connectivity index (χ0n) is 12.0. The minimum atomic E-state index is -3.25. The summed E-state index contributed by atoms with van der Waals surface area (Å²) in [5.74, 6) is 0.592. The Hall–Kier alpha value is -0.780. The number of anilines is 1. The van der Waals surface area contributed by atoms with Crippen LogP contribution in [-0.2, 0) is 14.6 Å². The van der Waals surface area contributed by atoms with E-state index in [0.29, 0.717) is 42.6 Å². The van der Waals surface area contributed by atoms with E-state index in [4.69, 9.17) is 16.3 Å². The predicted molar refractivity (Wildman–Crippen MR) is 83.6 cm³/mol. The Morgan fingerprint density at radius 3 is 2.55 bits per heavy atom. The molecule has 1 rings (SSSR count). The van der Waals surface area contributed by atoms with Crippen molar-refractivity contribution >= 4 is 27.1 Å². The van der Waals surface area contributed by atoms with Gasteiger partial charge in [0.25, 0.3) is 0 Å². The summed E-state index contributed by atoms with van der Waals surface area (Å²) >= 11 is 5.82. The third kappa shape index (κ3) is 4.65. The van der Waals surface area contributed by atoms with Crippen LogP contribution in [0.4, 0.5) is 5.69 Å². The van der Waals surface area contributed by atoms with Crippen molar-refractivity contribution in [2.24, 2.45) is 0 Å². The highest BCUT2D eigenvalue weighted by molar-refractivity contribution is 7.91. The topological polar surface area (TPSA) is 46.6 Å². The average molecular weight is 320 g/mol. The Bertz CT molecular complexity index is 505. The number of hydrogen-bond acceptors (Lipinski definition) is 4. The summed E-state index contributed by atoms with van der Waals surface area (Å²) in [7, 11) is -1.63. The molecule has 0 aliphatic carbocycles. The van der Waals surface area contributed by atoms with Gasteiger partial charge in [-0.05, 0) is 18.6 Å². The highest BCUT2D eigenvalue weighted by Gasteiger charge is 2.20. The van der Waals surface area contributed by atoms with Gasteiger partial charge in [0, 0.05) is 26.1 Å². The molecule has 0 bridgehead atoms. The molecule has 0 saturated carbocycles. The third-order valence-corrected chi connectivity index (χ3v) is 5.06. The second kappa shape index (κ2) is 8.49. The van der Waals surface area contributed by atoms with Gasteiger partial charge < -0.3 is 9.64 Å². The lowest BCUT2D eigenvalue weighted by molar-refractivity contribution is 0.205. The van der Waals surface area contributed by atoms with Crippen LogP contribution in [0.15, 0.2) is 29.2 Å². The van der Waals surface area contributed by atoms with Crippen LogP contribution < -0.4 is 4.90 Å². The van der Waals surface area contributed by atoms with Gasteiger partial charge in [0.1, 0.15) is 0 Å². The monoisotopic (exact) mass is 319 g/mol. The average Bonchev–Trinajstić information content (AvgIpc) is 2.43. The zero-order valence-corrected chi connectivity index (χ0v) is 13.6. The van der Waals surface area contributed by atoms with Crippen LogP contribution in [0, 0.1) is 0 Å². The molecule has 1 aromatic carbocycles. The molecule has 0 saturated heterocycles. The second-order valence-electron chi connectivity index (χ2n) is 4.46. The number of rotatable bonds is 9. The van der Waals surface area contributed by atoms with Crippen molar-refractivity contribution in [1.29, 1.82) is 0 Å². The fourth-order valence-corrected chi connectivity index (χ4v) is 3.78. The number of sulfone groups is 1. The van der Waals surface area contributed by atoms with Gasteiger partial charge in [-0.3, -0.25) is 0 Å². The van der Waals surface area contributed by atoms with Crippen LogP contribution in [-0.4, -0.2) is 46.9 Å². The van der Waals surface area contributed by atoms with Crippen LogP contribution in [0.5, 0.6) is 0 Å². The minimum Gasteiger partial charge on any atom is -0.383 e. The summed E-state index contributed by atoms with van der Waals surface area (Å²) in [6.45, 7) is 3.59. The Kier molecular flexibility index (Phi) is 7.34. The predicted octanol–water partition coefficient (Wildman–Crippen LogP) is 2.56. The van der Waals surface area contributed by atoms with Crippen molar-refractivity contribution in [2.75, 3.05) is 43.3 Å². The molecule has 0 amide bonds. The number of alkyl halides is 1. The van der Waals surface area contributed by atoms with Crippen LogP contribution >= 0.6 is 11.6 Å². The smallest absolute Gasteiger partial charge is 0.180 e. The lowest BCUT2D eigenvalue weighted by Gasteiger charge is -2.25. The van der Waals surface area contributed by atoms with Crippen molar-refractivity contribution in [3.63, 3.8) is 0 Å². The van der Waals surface area contributed by atoms with E-state index in [9.17, 15) is 8.42 Å². The Labute approximate surface area is 126 Å². The van der Waals surface area contributed by atoms with Crippen molar-refractivity contribution in [3.05, 3.63) is 24.3 Å². The van der Waals surface area contributed by atoms with E-state index < -0.39 is 9.84 Å². The summed E-state index contributed by atoms with van der Waals surface area (Å²) in [5.41, 5.74) is 0.707. The molecule has 0 unspecified atom stereocenters. The molecule has 0 aliphatic rings. The van der Waals surface area contributed by atoms with Gasteiger partial charge in [-0.2, -0.15) is 0 Å². The molecule has 0 aromatic heterocycles. The molecular weight excluding hydrogens is 298 g/mol. The van der Waals surface area contributed by atoms with Crippen molar-refractivity contribution in [2.45, 2.75) is 18.2 Å². The third-order valence-electron chi connectivity index (χ3n) is 2.93. The standard InChI is InChI=1S/C14H22ClNO3S/c1-3-12-20(17,18)14-7-5-4-6-13(14)16(9-8-15)10-11-19-2/h4-7H,3,8-12H2,1-2H3. The van der Waals surface area contributed by atoms with E-state index in [-0.39, 0.29) is 5.75 Å². The molecule has 114 valence electrons. The maximum atomic E-state index is 12.3. The summed E-state index contributed by atoms with van der Waals surface area (Å²) < 4.78 is 29.8. The van der Waals surface area contributed by atoms with Gasteiger partial charge in [-0.15, -0.1) is 11.6 Å². The fourth-order valence-electron chi connectivity index (χ4n) is 2.02. The van der Waals surface area contributed by atoms with Crippen LogP contribution in [0.3, 0.4) is 0 Å². The summed E-state index contributed by atoms with van der Waals surface area (Å²) in [6.07, 6.45) is 0.601. The maximum Gasteiger partial charge on any atom is 0.180 e. The first-order valence-electron chi connectivity index (χ1n) is 6.68. The number of ether oxygens (including phenoxy) is 1. The number of nitrogens with zero attached hydrogens (tertiary/aromatic N) is 1. The fraction of sp³-hybridized carbons (Fsp3) is 0.571. The maximum absolute atomic E-state index is 12.3. The van der Waals surface area contributed by atoms with E-state index in [2.05, 4.69) is 0 Å². The lowest BCUT2D eigenvalue weighted by atomic mass is 10.3. The molecule has 4 nitrogen and oxygen atoms in total. The second-order valence-corrected chi connectivity index (χ2v) is 6.91. The summed E-state index contributed by atoms with van der Waals surface area (Å²) in [5, 5.41) is 0. The molecule has 0 fully saturated rings. The van der Waals surface area contributed by atoms with E-state index in [0.717, 1.165) is 0 Å². The lowest BCUT2D eigenvalue weighted by Crippen LogP contribution is -2.30. The van der Waals surface area contributed by atoms with E-state index in [1.807, 2.05) is 24.0 Å². The molecule has 0 aliphatic heterocycles. The zero-order chi connectivity index (χ0) is 15.0. The Morgan fingerprint density at radius 1 is 1.25 bits per heavy atom. The van der Waals surface area contributed by atoms with E-state index >= 15 is 0 Å². The largest absolute Gasteiger partial charge is 0.383 e. The molecule has 0 radical (unpaired) electrons. The van der Waals surface area contributed by atoms with Gasteiger partial charge in [-0.25, -0.2) is 8.42 Å². The number of halogens is 1. The van der Waals surface area contributed by atoms with E-state index in [1.54, 1.807) is 19.2 Å². The first-order chi connectivity index (χ1) is 9.56. The number of benzene rings is 1. The minimum absolute atomic E-state index is 0.156. The van der Waals surface area contributed by atoms with Gasteiger partial charge in [0.2, 0.25) is 0 Å². The van der Waals surface area contributed by atoms with Crippen molar-refractivity contribution < 1.29 is 13.2 Å². The SMILES string of the molecule is CCCS(=O)(=O)c1ccccc1N(CCCl)CCOC. The number of para-hydroxylation sites is 1. The molecule has 0 heterocycles. The normalized spacial score (nSPS) is 11.6. The Balaban J connectivity index is 3.15. The van der Waals surface area contributed by atoms with Crippen LogP contribution in [0.1, 0.15) is 13.3 Å². The van der Waals surface area contributed by atoms with E-state index in [1.165, 1.54) is 0 Å². The quantitative estimate of drug-likeness (QED) is 0.656. The number of hydrogen-bond donors (Lipinski definition) is 0. The van der Waals surface area contributed by atoms with Gasteiger partial charge in [0.15, 0.2) is 9.84 Å². The highest BCUT2D eigenvalue weighted by Crippen LogP contribution is 2.26. The van der Waals surface area contributed by atoms with Crippen LogP contribution in [0.25, 0.3) is 0 Å². The first kappa shape index (κ1) is 17.3. The van der Waals surface area contributed by atoms with Gasteiger partial charge in [-0.1, -0.05) is 19.1 Å². The summed E-state index contributed by atoms with van der Waals surface area (Å²) in [4.78, 5) is 2.34.